The van der Waals surface area contributed by atoms with Gasteiger partial charge in [-0.1, -0.05) is 71.4 Å². The van der Waals surface area contributed by atoms with Gasteiger partial charge in [-0.3, -0.25) is 9.36 Å². The van der Waals surface area contributed by atoms with Crippen LogP contribution in [-0.2, 0) is 17.6 Å². The van der Waals surface area contributed by atoms with Crippen molar-refractivity contribution >= 4 is 40.9 Å². The SMILES string of the molecule is COc1ccc(CCN(C)C(=O)CCCCSc2nnc(Cc3ccccc3)n2-c2ccc(Cl)c(Cl)c2)cc1OC. The lowest BCUT2D eigenvalue weighted by Gasteiger charge is -2.17. The molecule has 216 valence electrons. The van der Waals surface area contributed by atoms with E-state index in [1.165, 1.54) is 0 Å². The maximum absolute atomic E-state index is 12.7. The fourth-order valence-electron chi connectivity index (χ4n) is 4.36. The smallest absolute Gasteiger partial charge is 0.222 e. The number of rotatable bonds is 14. The molecule has 0 aliphatic heterocycles. The molecule has 0 atom stereocenters. The highest BCUT2D eigenvalue weighted by atomic mass is 35.5. The van der Waals surface area contributed by atoms with Gasteiger partial charge < -0.3 is 14.4 Å². The highest BCUT2D eigenvalue weighted by Crippen LogP contribution is 2.30. The topological polar surface area (TPSA) is 69.5 Å². The number of benzene rings is 3. The number of methoxy groups -OCH3 is 2. The second-order valence-corrected chi connectivity index (χ2v) is 11.4. The van der Waals surface area contributed by atoms with Crippen molar-refractivity contribution in [3.05, 3.63) is 93.7 Å². The zero-order chi connectivity index (χ0) is 29.2. The lowest BCUT2D eigenvalue weighted by Crippen LogP contribution is -2.28. The van der Waals surface area contributed by atoms with Gasteiger partial charge in [-0.15, -0.1) is 10.2 Å². The molecule has 0 N–H and O–H groups in total. The van der Waals surface area contributed by atoms with Crippen molar-refractivity contribution in [2.45, 2.75) is 37.3 Å². The number of hydrogen-bond donors (Lipinski definition) is 0. The Bertz CT molecular complexity index is 1450. The van der Waals surface area contributed by atoms with Gasteiger partial charge >= 0.3 is 0 Å². The van der Waals surface area contributed by atoms with Crippen LogP contribution in [0.15, 0.2) is 71.9 Å². The lowest BCUT2D eigenvalue weighted by atomic mass is 10.1. The summed E-state index contributed by atoms with van der Waals surface area (Å²) >= 11 is 14.1. The average Bonchev–Trinajstić information content (AvgIpc) is 3.39. The molecule has 0 radical (unpaired) electrons. The van der Waals surface area contributed by atoms with Crippen LogP contribution in [0.5, 0.6) is 11.5 Å². The zero-order valence-corrected chi connectivity index (χ0v) is 25.8. The Morgan fingerprint density at radius 2 is 1.68 bits per heavy atom. The molecule has 0 aliphatic carbocycles. The normalized spacial score (nSPS) is 11.0. The van der Waals surface area contributed by atoms with Gasteiger partial charge in [-0.05, 0) is 60.7 Å². The third kappa shape index (κ3) is 8.41. The van der Waals surface area contributed by atoms with E-state index in [2.05, 4.69) is 22.3 Å². The predicted octanol–water partition coefficient (Wildman–Crippen LogP) is 7.15. The number of carbonyl (C=O) groups is 1. The quantitative estimate of drug-likeness (QED) is 0.111. The van der Waals surface area contributed by atoms with Crippen molar-refractivity contribution in [2.24, 2.45) is 0 Å². The van der Waals surface area contributed by atoms with Crippen LogP contribution in [0.4, 0.5) is 0 Å². The van der Waals surface area contributed by atoms with Gasteiger partial charge in [-0.2, -0.15) is 0 Å². The maximum Gasteiger partial charge on any atom is 0.222 e. The minimum Gasteiger partial charge on any atom is -0.493 e. The zero-order valence-electron chi connectivity index (χ0n) is 23.5. The molecular weight excluding hydrogens is 579 g/mol. The van der Waals surface area contributed by atoms with E-state index in [0.717, 1.165) is 52.8 Å². The molecule has 0 aliphatic rings. The number of halogens is 2. The first-order valence-corrected chi connectivity index (χ1v) is 15.1. The lowest BCUT2D eigenvalue weighted by molar-refractivity contribution is -0.129. The number of aromatic nitrogens is 3. The fraction of sp³-hybridized carbons (Fsp3) is 0.323. The van der Waals surface area contributed by atoms with E-state index in [9.17, 15) is 4.79 Å². The van der Waals surface area contributed by atoms with E-state index in [0.29, 0.717) is 40.9 Å². The van der Waals surface area contributed by atoms with Crippen molar-refractivity contribution in [1.82, 2.24) is 19.7 Å². The fourth-order valence-corrected chi connectivity index (χ4v) is 5.62. The molecule has 0 bridgehead atoms. The van der Waals surface area contributed by atoms with Gasteiger partial charge in [0.15, 0.2) is 16.7 Å². The van der Waals surface area contributed by atoms with E-state index in [1.807, 2.05) is 60.1 Å². The highest BCUT2D eigenvalue weighted by Gasteiger charge is 2.16. The standard InChI is InChI=1S/C31H34Cl2N4O3S/c1-36(17-16-23-12-15-27(39-2)28(19-23)40-3)30(38)11-7-8-18-41-31-35-34-29(20-22-9-5-4-6-10-22)37(31)24-13-14-25(32)26(33)21-24/h4-6,9-10,12-15,19,21H,7-8,11,16-18,20H2,1-3H3. The molecular formula is C31H34Cl2N4O3S. The minimum atomic E-state index is 0.139. The van der Waals surface area contributed by atoms with Crippen molar-refractivity contribution in [3.63, 3.8) is 0 Å². The molecule has 1 aromatic heterocycles. The summed E-state index contributed by atoms with van der Waals surface area (Å²) < 4.78 is 12.7. The predicted molar refractivity (Wildman–Crippen MR) is 166 cm³/mol. The first-order chi connectivity index (χ1) is 19.9. The Kier molecular flexibility index (Phi) is 11.4. The van der Waals surface area contributed by atoms with Crippen LogP contribution in [0.1, 0.15) is 36.2 Å². The van der Waals surface area contributed by atoms with Crippen molar-refractivity contribution in [1.29, 1.82) is 0 Å². The van der Waals surface area contributed by atoms with Gasteiger partial charge in [0.25, 0.3) is 0 Å². The summed E-state index contributed by atoms with van der Waals surface area (Å²) in [7, 11) is 5.09. The molecule has 1 amide bonds. The summed E-state index contributed by atoms with van der Waals surface area (Å²) in [5, 5.41) is 10.7. The molecule has 0 fully saturated rings. The van der Waals surface area contributed by atoms with Gasteiger partial charge in [0, 0.05) is 32.2 Å². The average molecular weight is 614 g/mol. The molecule has 4 rings (SSSR count). The van der Waals surface area contributed by atoms with Crippen LogP contribution >= 0.6 is 35.0 Å². The number of carbonyl (C=O) groups excluding carboxylic acids is 1. The van der Waals surface area contributed by atoms with E-state index in [-0.39, 0.29) is 5.91 Å². The summed E-state index contributed by atoms with van der Waals surface area (Å²) in [6, 6.07) is 21.6. The molecule has 1 heterocycles. The largest absolute Gasteiger partial charge is 0.493 e. The summed E-state index contributed by atoms with van der Waals surface area (Å²) in [4.78, 5) is 14.5. The number of amides is 1. The number of likely N-dealkylation sites (N-methyl/N-ethyl adjacent to an activating group) is 1. The molecule has 7 nitrogen and oxygen atoms in total. The number of hydrogen-bond acceptors (Lipinski definition) is 6. The number of ether oxygens (including phenoxy) is 2. The third-order valence-electron chi connectivity index (χ3n) is 6.69. The first kappa shape index (κ1) is 30.8. The van der Waals surface area contributed by atoms with Crippen LogP contribution in [0.2, 0.25) is 10.0 Å². The van der Waals surface area contributed by atoms with Gasteiger partial charge in [0.2, 0.25) is 5.91 Å². The molecule has 10 heteroatoms. The number of thioether (sulfide) groups is 1. The van der Waals surface area contributed by atoms with E-state index < -0.39 is 0 Å². The maximum atomic E-state index is 12.7. The molecule has 41 heavy (non-hydrogen) atoms. The van der Waals surface area contributed by atoms with Crippen LogP contribution in [0.3, 0.4) is 0 Å². The monoisotopic (exact) mass is 612 g/mol. The van der Waals surface area contributed by atoms with Crippen LogP contribution < -0.4 is 9.47 Å². The van der Waals surface area contributed by atoms with Gasteiger partial charge in [0.05, 0.1) is 30.0 Å². The molecule has 0 saturated carbocycles. The first-order valence-electron chi connectivity index (χ1n) is 13.4. The Hall–Kier alpha value is -3.20. The number of nitrogens with zero attached hydrogens (tertiary/aromatic N) is 4. The molecule has 3 aromatic carbocycles. The summed E-state index contributed by atoms with van der Waals surface area (Å²) in [5.74, 6) is 3.16. The molecule has 0 unspecified atom stereocenters. The Labute approximate surface area is 255 Å². The Balaban J connectivity index is 1.30. The van der Waals surface area contributed by atoms with Crippen molar-refractivity contribution in [3.8, 4) is 17.2 Å². The van der Waals surface area contributed by atoms with Gasteiger partial charge in [-0.25, -0.2) is 0 Å². The summed E-state index contributed by atoms with van der Waals surface area (Å²) in [6.45, 7) is 0.639. The summed E-state index contributed by atoms with van der Waals surface area (Å²) in [6.07, 6.45) is 3.56. The van der Waals surface area contributed by atoms with Crippen molar-refractivity contribution < 1.29 is 14.3 Å². The van der Waals surface area contributed by atoms with Gasteiger partial charge in [0.1, 0.15) is 5.82 Å². The second kappa shape index (κ2) is 15.1. The third-order valence-corrected chi connectivity index (χ3v) is 8.45. The Morgan fingerprint density at radius 1 is 0.902 bits per heavy atom. The van der Waals surface area contributed by atoms with Crippen LogP contribution in [0, 0.1) is 0 Å². The summed E-state index contributed by atoms with van der Waals surface area (Å²) in [5.41, 5.74) is 3.10. The van der Waals surface area contributed by atoms with E-state index >= 15 is 0 Å². The van der Waals surface area contributed by atoms with Crippen LogP contribution in [-0.4, -0.2) is 59.1 Å². The molecule has 0 saturated heterocycles. The highest BCUT2D eigenvalue weighted by molar-refractivity contribution is 7.99. The second-order valence-electron chi connectivity index (χ2n) is 9.56. The number of unbranched alkanes of at least 4 members (excludes halogenated alkanes) is 1. The van der Waals surface area contributed by atoms with Crippen molar-refractivity contribution in [2.75, 3.05) is 33.6 Å². The van der Waals surface area contributed by atoms with Crippen LogP contribution in [0.25, 0.3) is 5.69 Å². The Morgan fingerprint density at radius 3 is 2.41 bits per heavy atom. The van der Waals surface area contributed by atoms with E-state index in [4.69, 9.17) is 32.7 Å². The van der Waals surface area contributed by atoms with E-state index in [1.54, 1.807) is 36.9 Å². The minimum absolute atomic E-state index is 0.139. The molecule has 4 aromatic rings. The molecule has 0 spiro atoms.